The normalized spacial score (nSPS) is 23.6. The van der Waals surface area contributed by atoms with Crippen molar-refractivity contribution in [2.75, 3.05) is 7.11 Å². The summed E-state index contributed by atoms with van der Waals surface area (Å²) in [6.07, 6.45) is 1.89. The molecule has 0 spiro atoms. The lowest BCUT2D eigenvalue weighted by molar-refractivity contribution is 0.0175. The van der Waals surface area contributed by atoms with E-state index in [4.69, 9.17) is 4.74 Å². The molecule has 86 valence electrons. The van der Waals surface area contributed by atoms with Gasteiger partial charge < -0.3 is 10.1 Å². The summed E-state index contributed by atoms with van der Waals surface area (Å²) in [5.41, 5.74) is -0.0971. The van der Waals surface area contributed by atoms with E-state index in [1.54, 1.807) is 7.11 Å². The van der Waals surface area contributed by atoms with Crippen molar-refractivity contribution in [2.24, 2.45) is 0 Å². The van der Waals surface area contributed by atoms with Crippen LogP contribution in [0.25, 0.3) is 0 Å². The third kappa shape index (κ3) is 2.27. The summed E-state index contributed by atoms with van der Waals surface area (Å²) in [4.78, 5) is 22.4. The summed E-state index contributed by atoms with van der Waals surface area (Å²) in [6, 6.07) is 2.83. The lowest BCUT2D eigenvalue weighted by Crippen LogP contribution is -2.47. The highest BCUT2D eigenvalue weighted by Crippen LogP contribution is 2.22. The van der Waals surface area contributed by atoms with Crippen molar-refractivity contribution in [1.29, 1.82) is 0 Å². The van der Waals surface area contributed by atoms with Crippen molar-refractivity contribution in [3.8, 4) is 0 Å². The number of ether oxygens (including phenoxy) is 1. The molecule has 0 radical (unpaired) electrons. The molecule has 0 atom stereocenters. The lowest BCUT2D eigenvalue weighted by atomic mass is 9.89. The van der Waals surface area contributed by atoms with Gasteiger partial charge in [0.25, 0.3) is 11.5 Å². The van der Waals surface area contributed by atoms with Gasteiger partial charge in [-0.05, 0) is 18.9 Å². The Bertz CT molecular complexity index is 417. The summed E-state index contributed by atoms with van der Waals surface area (Å²) < 4.78 is 5.10. The molecule has 1 amide bonds. The molecule has 2 N–H and O–H groups in total. The summed E-state index contributed by atoms with van der Waals surface area (Å²) in [5, 5.41) is 8.68. The van der Waals surface area contributed by atoms with Crippen LogP contribution in [-0.4, -0.2) is 35.4 Å². The Kier molecular flexibility index (Phi) is 3.00. The molecule has 1 aliphatic rings. The molecular formula is C10H13N3O3. The Labute approximate surface area is 92.0 Å². The first-order valence-corrected chi connectivity index (χ1v) is 5.08. The Balaban J connectivity index is 1.89. The number of carbonyl (C=O) groups is 1. The average Bonchev–Trinajstić information content (AvgIpc) is 2.23. The van der Waals surface area contributed by atoms with Gasteiger partial charge >= 0.3 is 0 Å². The molecule has 1 aromatic rings. The van der Waals surface area contributed by atoms with E-state index in [2.05, 4.69) is 15.5 Å². The molecule has 16 heavy (non-hydrogen) atoms. The highest BCUT2D eigenvalue weighted by Gasteiger charge is 2.30. The fourth-order valence-corrected chi connectivity index (χ4v) is 1.61. The third-order valence-corrected chi connectivity index (χ3v) is 2.68. The Morgan fingerprint density at radius 3 is 2.88 bits per heavy atom. The van der Waals surface area contributed by atoms with E-state index in [0.717, 1.165) is 12.8 Å². The molecule has 0 unspecified atom stereocenters. The predicted octanol–water partition coefficient (Wildman–Crippen LogP) is -0.323. The maximum atomic E-state index is 11.6. The molecule has 0 saturated heterocycles. The zero-order valence-electron chi connectivity index (χ0n) is 8.90. The van der Waals surface area contributed by atoms with Crippen LogP contribution in [0.5, 0.6) is 0 Å². The van der Waals surface area contributed by atoms with Crippen molar-refractivity contribution in [3.63, 3.8) is 0 Å². The molecule has 6 heteroatoms. The van der Waals surface area contributed by atoms with E-state index in [0.29, 0.717) is 0 Å². The molecule has 1 fully saturated rings. The molecular weight excluding hydrogens is 210 g/mol. The number of amides is 1. The minimum atomic E-state index is -0.320. The van der Waals surface area contributed by atoms with Crippen molar-refractivity contribution in [2.45, 2.75) is 25.0 Å². The molecule has 1 aliphatic carbocycles. The number of nitrogens with zero attached hydrogens (tertiary/aromatic N) is 1. The van der Waals surface area contributed by atoms with E-state index in [1.165, 1.54) is 12.1 Å². The molecule has 6 nitrogen and oxygen atoms in total. The minimum Gasteiger partial charge on any atom is -0.381 e. The highest BCUT2D eigenvalue weighted by atomic mass is 16.5. The van der Waals surface area contributed by atoms with Gasteiger partial charge in [0.15, 0.2) is 0 Å². The standard InChI is InChI=1S/C10H13N3O3/c1-16-7-4-6(5-7)11-10(15)8-2-3-9(14)13-12-8/h2-3,6-7H,4-5H2,1H3,(H,11,15)(H,13,14). The second-order valence-electron chi connectivity index (χ2n) is 3.81. The Morgan fingerprint density at radius 2 is 2.31 bits per heavy atom. The average molecular weight is 223 g/mol. The van der Waals surface area contributed by atoms with Crippen LogP contribution in [0.15, 0.2) is 16.9 Å². The summed E-state index contributed by atoms with van der Waals surface area (Å²) in [7, 11) is 1.66. The van der Waals surface area contributed by atoms with Crippen molar-refractivity contribution >= 4 is 5.91 Å². The van der Waals surface area contributed by atoms with E-state index < -0.39 is 0 Å². The lowest BCUT2D eigenvalue weighted by Gasteiger charge is -2.34. The summed E-state index contributed by atoms with van der Waals surface area (Å²) >= 11 is 0. The quantitative estimate of drug-likeness (QED) is 0.735. The van der Waals surface area contributed by atoms with Gasteiger partial charge in [-0.3, -0.25) is 9.59 Å². The van der Waals surface area contributed by atoms with Crippen LogP contribution in [0, 0.1) is 0 Å². The topological polar surface area (TPSA) is 84.1 Å². The van der Waals surface area contributed by atoms with Crippen LogP contribution in [0.1, 0.15) is 23.3 Å². The van der Waals surface area contributed by atoms with Gasteiger partial charge in [-0.15, -0.1) is 0 Å². The number of methoxy groups -OCH3 is 1. The number of H-pyrrole nitrogens is 1. The van der Waals surface area contributed by atoms with Crippen molar-refractivity contribution in [3.05, 3.63) is 28.2 Å². The van der Waals surface area contributed by atoms with Crippen LogP contribution in [0.2, 0.25) is 0 Å². The second-order valence-corrected chi connectivity index (χ2v) is 3.81. The van der Waals surface area contributed by atoms with E-state index in [-0.39, 0.29) is 29.3 Å². The van der Waals surface area contributed by atoms with Gasteiger partial charge in [-0.2, -0.15) is 5.10 Å². The number of hydrogen-bond donors (Lipinski definition) is 2. The zero-order valence-corrected chi connectivity index (χ0v) is 8.90. The first-order chi connectivity index (χ1) is 7.69. The van der Waals surface area contributed by atoms with Gasteiger partial charge in [-0.25, -0.2) is 5.10 Å². The molecule has 1 heterocycles. The van der Waals surface area contributed by atoms with Gasteiger partial charge in [-0.1, -0.05) is 0 Å². The summed E-state index contributed by atoms with van der Waals surface area (Å²) in [5.74, 6) is -0.268. The second kappa shape index (κ2) is 4.44. The number of hydrogen-bond acceptors (Lipinski definition) is 4. The van der Waals surface area contributed by atoms with Gasteiger partial charge in [0.1, 0.15) is 5.69 Å². The fourth-order valence-electron chi connectivity index (χ4n) is 1.61. The monoisotopic (exact) mass is 223 g/mol. The van der Waals surface area contributed by atoms with Crippen molar-refractivity contribution < 1.29 is 9.53 Å². The molecule has 2 rings (SSSR count). The van der Waals surface area contributed by atoms with Crippen LogP contribution in [0.4, 0.5) is 0 Å². The maximum absolute atomic E-state index is 11.6. The molecule has 0 bridgehead atoms. The number of aromatic nitrogens is 2. The fraction of sp³-hybridized carbons (Fsp3) is 0.500. The highest BCUT2D eigenvalue weighted by molar-refractivity contribution is 5.92. The predicted molar refractivity (Wildman–Crippen MR) is 56.1 cm³/mol. The van der Waals surface area contributed by atoms with Crippen LogP contribution in [0.3, 0.4) is 0 Å². The molecule has 0 aliphatic heterocycles. The smallest absolute Gasteiger partial charge is 0.271 e. The summed E-state index contributed by atoms with van der Waals surface area (Å²) in [6.45, 7) is 0. The third-order valence-electron chi connectivity index (χ3n) is 2.68. The van der Waals surface area contributed by atoms with E-state index in [9.17, 15) is 9.59 Å². The zero-order chi connectivity index (χ0) is 11.5. The number of rotatable bonds is 3. The molecule has 1 aromatic heterocycles. The van der Waals surface area contributed by atoms with Crippen LogP contribution >= 0.6 is 0 Å². The van der Waals surface area contributed by atoms with Gasteiger partial charge in [0.2, 0.25) is 0 Å². The van der Waals surface area contributed by atoms with Crippen LogP contribution in [-0.2, 0) is 4.74 Å². The molecule has 1 saturated carbocycles. The maximum Gasteiger partial charge on any atom is 0.271 e. The largest absolute Gasteiger partial charge is 0.381 e. The first kappa shape index (κ1) is 10.8. The number of carbonyl (C=O) groups excluding carboxylic acids is 1. The van der Waals surface area contributed by atoms with Gasteiger partial charge in [0.05, 0.1) is 6.10 Å². The Morgan fingerprint density at radius 1 is 1.56 bits per heavy atom. The SMILES string of the molecule is COC1CC(NC(=O)c2ccc(=O)[nH]n2)C1. The van der Waals surface area contributed by atoms with E-state index in [1.807, 2.05) is 0 Å². The molecule has 0 aromatic carbocycles. The van der Waals surface area contributed by atoms with E-state index >= 15 is 0 Å². The number of aromatic amines is 1. The van der Waals surface area contributed by atoms with Gasteiger partial charge in [0, 0.05) is 19.2 Å². The first-order valence-electron chi connectivity index (χ1n) is 5.08. The van der Waals surface area contributed by atoms with Crippen LogP contribution < -0.4 is 10.9 Å². The Hall–Kier alpha value is -1.69. The number of nitrogens with one attached hydrogen (secondary N) is 2. The minimum absolute atomic E-state index is 0.145. The van der Waals surface area contributed by atoms with Crippen molar-refractivity contribution in [1.82, 2.24) is 15.5 Å².